The molecule has 0 aliphatic heterocycles. The van der Waals surface area contributed by atoms with E-state index in [1.54, 1.807) is 0 Å². The monoisotopic (exact) mass is 284 g/mol. The summed E-state index contributed by atoms with van der Waals surface area (Å²) in [5.74, 6) is 0.0995. The highest BCUT2D eigenvalue weighted by molar-refractivity contribution is 5.85. The summed E-state index contributed by atoms with van der Waals surface area (Å²) in [6, 6.07) is 7.69. The summed E-state index contributed by atoms with van der Waals surface area (Å²) in [5, 5.41) is 2.95. The molecule has 0 unspecified atom stereocenters. The Labute approximate surface area is 122 Å². The minimum absolute atomic E-state index is 0. The number of halogens is 1. The fourth-order valence-corrected chi connectivity index (χ4v) is 1.68. The average Bonchev–Trinajstić information content (AvgIpc) is 2.26. The lowest BCUT2D eigenvalue weighted by atomic mass is 9.92. The van der Waals surface area contributed by atoms with E-state index in [-0.39, 0.29) is 23.7 Å². The van der Waals surface area contributed by atoms with Gasteiger partial charge >= 0.3 is 0 Å². The van der Waals surface area contributed by atoms with Crippen LogP contribution in [0.15, 0.2) is 24.3 Å². The molecule has 19 heavy (non-hydrogen) atoms. The standard InChI is InChI=1S/C15H24N2O.ClH/c1-15(2,3)10-11-17-14(18)9-8-12-6-4-5-7-13(12)16;/h4-7H,8-11,16H2,1-3H3,(H,17,18);1H. The third-order valence-electron chi connectivity index (χ3n) is 2.87. The number of amides is 1. The maximum atomic E-state index is 11.7. The number of benzene rings is 1. The molecule has 0 aliphatic rings. The zero-order valence-corrected chi connectivity index (χ0v) is 12.8. The van der Waals surface area contributed by atoms with Crippen LogP contribution < -0.4 is 11.1 Å². The van der Waals surface area contributed by atoms with E-state index in [2.05, 4.69) is 26.1 Å². The normalized spacial score (nSPS) is 10.7. The Balaban J connectivity index is 0.00000324. The van der Waals surface area contributed by atoms with Crippen molar-refractivity contribution in [2.45, 2.75) is 40.0 Å². The van der Waals surface area contributed by atoms with E-state index in [0.717, 1.165) is 24.2 Å². The van der Waals surface area contributed by atoms with E-state index < -0.39 is 0 Å². The number of rotatable bonds is 5. The Morgan fingerprint density at radius 3 is 2.47 bits per heavy atom. The number of anilines is 1. The van der Waals surface area contributed by atoms with E-state index >= 15 is 0 Å². The Morgan fingerprint density at radius 2 is 1.89 bits per heavy atom. The quantitative estimate of drug-likeness (QED) is 0.816. The van der Waals surface area contributed by atoms with Gasteiger partial charge in [0, 0.05) is 18.7 Å². The second kappa shape index (κ2) is 8.05. The molecule has 0 aliphatic carbocycles. The molecule has 1 aromatic rings. The van der Waals surface area contributed by atoms with Crippen LogP contribution in [-0.2, 0) is 11.2 Å². The number of carbonyl (C=O) groups is 1. The van der Waals surface area contributed by atoms with Crippen molar-refractivity contribution >= 4 is 24.0 Å². The van der Waals surface area contributed by atoms with Gasteiger partial charge in [0.05, 0.1) is 0 Å². The molecule has 4 heteroatoms. The molecule has 0 heterocycles. The van der Waals surface area contributed by atoms with Crippen LogP contribution in [0.4, 0.5) is 5.69 Å². The minimum Gasteiger partial charge on any atom is -0.399 e. The number of nitrogen functional groups attached to an aromatic ring is 1. The van der Waals surface area contributed by atoms with Crippen LogP contribution >= 0.6 is 12.4 Å². The first-order valence-corrected chi connectivity index (χ1v) is 6.48. The number of para-hydroxylation sites is 1. The Morgan fingerprint density at radius 1 is 1.26 bits per heavy atom. The van der Waals surface area contributed by atoms with Gasteiger partial charge in [-0.2, -0.15) is 0 Å². The first-order valence-electron chi connectivity index (χ1n) is 6.48. The average molecular weight is 285 g/mol. The molecule has 1 rings (SSSR count). The number of hydrogen-bond donors (Lipinski definition) is 2. The predicted molar refractivity (Wildman–Crippen MR) is 83.5 cm³/mol. The summed E-state index contributed by atoms with van der Waals surface area (Å²) in [6.45, 7) is 7.25. The number of nitrogens with two attached hydrogens (primary N) is 1. The lowest BCUT2D eigenvalue weighted by Crippen LogP contribution is -2.27. The minimum atomic E-state index is 0. The first kappa shape index (κ1) is 17.8. The topological polar surface area (TPSA) is 55.1 Å². The van der Waals surface area contributed by atoms with Crippen LogP contribution in [0, 0.1) is 5.41 Å². The smallest absolute Gasteiger partial charge is 0.220 e. The molecule has 0 fully saturated rings. The molecule has 1 aromatic carbocycles. The molecule has 0 aromatic heterocycles. The zero-order valence-electron chi connectivity index (χ0n) is 12.0. The molecule has 3 nitrogen and oxygen atoms in total. The van der Waals surface area contributed by atoms with Crippen molar-refractivity contribution in [3.05, 3.63) is 29.8 Å². The molecule has 0 saturated carbocycles. The molecule has 0 saturated heterocycles. The van der Waals surface area contributed by atoms with Gasteiger partial charge in [0.15, 0.2) is 0 Å². The van der Waals surface area contributed by atoms with E-state index in [0.29, 0.717) is 12.8 Å². The summed E-state index contributed by atoms with van der Waals surface area (Å²) in [7, 11) is 0. The third-order valence-corrected chi connectivity index (χ3v) is 2.87. The van der Waals surface area contributed by atoms with Crippen molar-refractivity contribution in [2.75, 3.05) is 12.3 Å². The first-order chi connectivity index (χ1) is 8.38. The van der Waals surface area contributed by atoms with Crippen LogP contribution in [0.25, 0.3) is 0 Å². The van der Waals surface area contributed by atoms with Crippen molar-refractivity contribution in [2.24, 2.45) is 5.41 Å². The van der Waals surface area contributed by atoms with Crippen LogP contribution in [0.2, 0.25) is 0 Å². The summed E-state index contributed by atoms with van der Waals surface area (Å²) >= 11 is 0. The molecule has 108 valence electrons. The summed E-state index contributed by atoms with van der Waals surface area (Å²) in [6.07, 6.45) is 2.19. The Kier molecular flexibility index (Phi) is 7.53. The van der Waals surface area contributed by atoms with Crippen LogP contribution in [0.1, 0.15) is 39.2 Å². The van der Waals surface area contributed by atoms with Crippen LogP contribution in [0.5, 0.6) is 0 Å². The lowest BCUT2D eigenvalue weighted by Gasteiger charge is -2.18. The number of nitrogens with one attached hydrogen (secondary N) is 1. The van der Waals surface area contributed by atoms with Crippen molar-refractivity contribution in [3.8, 4) is 0 Å². The molecule has 0 spiro atoms. The second-order valence-electron chi connectivity index (χ2n) is 5.86. The fourth-order valence-electron chi connectivity index (χ4n) is 1.68. The molecule has 0 bridgehead atoms. The van der Waals surface area contributed by atoms with E-state index in [9.17, 15) is 4.79 Å². The van der Waals surface area contributed by atoms with E-state index in [1.165, 1.54) is 0 Å². The molecule has 3 N–H and O–H groups in total. The predicted octanol–water partition coefficient (Wildman–Crippen LogP) is 3.18. The number of hydrogen-bond acceptors (Lipinski definition) is 2. The number of carbonyl (C=O) groups excluding carboxylic acids is 1. The SMILES string of the molecule is CC(C)(C)CCNC(=O)CCc1ccccc1N.Cl. The third kappa shape index (κ3) is 7.73. The van der Waals surface area contributed by atoms with Gasteiger partial charge in [-0.25, -0.2) is 0 Å². The highest BCUT2D eigenvalue weighted by Gasteiger charge is 2.10. The Bertz CT molecular complexity index is 399. The van der Waals surface area contributed by atoms with Gasteiger partial charge in [0.1, 0.15) is 0 Å². The van der Waals surface area contributed by atoms with Crippen molar-refractivity contribution in [3.63, 3.8) is 0 Å². The molecule has 0 radical (unpaired) electrons. The molecular formula is C15H25ClN2O. The van der Waals surface area contributed by atoms with Crippen molar-refractivity contribution < 1.29 is 4.79 Å². The number of aryl methyl sites for hydroxylation is 1. The van der Waals surface area contributed by atoms with Gasteiger partial charge in [0.2, 0.25) is 5.91 Å². The zero-order chi connectivity index (χ0) is 13.6. The lowest BCUT2D eigenvalue weighted by molar-refractivity contribution is -0.121. The Hall–Kier alpha value is -1.22. The van der Waals surface area contributed by atoms with Gasteiger partial charge in [-0.05, 0) is 29.9 Å². The van der Waals surface area contributed by atoms with Crippen molar-refractivity contribution in [1.29, 1.82) is 0 Å². The van der Waals surface area contributed by atoms with E-state index in [1.807, 2.05) is 24.3 Å². The van der Waals surface area contributed by atoms with Crippen molar-refractivity contribution in [1.82, 2.24) is 5.32 Å². The molecule has 0 atom stereocenters. The highest BCUT2D eigenvalue weighted by atomic mass is 35.5. The summed E-state index contributed by atoms with van der Waals surface area (Å²) < 4.78 is 0. The maximum absolute atomic E-state index is 11.7. The van der Waals surface area contributed by atoms with Gasteiger partial charge in [0.25, 0.3) is 0 Å². The van der Waals surface area contributed by atoms with Crippen LogP contribution in [-0.4, -0.2) is 12.5 Å². The fraction of sp³-hybridized carbons (Fsp3) is 0.533. The van der Waals surface area contributed by atoms with Gasteiger partial charge in [-0.15, -0.1) is 12.4 Å². The summed E-state index contributed by atoms with van der Waals surface area (Å²) in [4.78, 5) is 11.7. The maximum Gasteiger partial charge on any atom is 0.220 e. The van der Waals surface area contributed by atoms with Gasteiger partial charge in [-0.3, -0.25) is 4.79 Å². The van der Waals surface area contributed by atoms with E-state index in [4.69, 9.17) is 5.73 Å². The van der Waals surface area contributed by atoms with Crippen LogP contribution in [0.3, 0.4) is 0 Å². The van der Waals surface area contributed by atoms with Gasteiger partial charge < -0.3 is 11.1 Å². The molecule has 1 amide bonds. The largest absolute Gasteiger partial charge is 0.399 e. The highest BCUT2D eigenvalue weighted by Crippen LogP contribution is 2.17. The van der Waals surface area contributed by atoms with Gasteiger partial charge in [-0.1, -0.05) is 39.0 Å². The summed E-state index contributed by atoms with van der Waals surface area (Å²) in [5.41, 5.74) is 7.90. The molecular weight excluding hydrogens is 260 g/mol. The second-order valence-corrected chi connectivity index (χ2v) is 5.86.